The monoisotopic (exact) mass is 384 g/mol. The van der Waals surface area contributed by atoms with E-state index in [-0.39, 0.29) is 17.3 Å². The summed E-state index contributed by atoms with van der Waals surface area (Å²) in [4.78, 5) is 15.9. The van der Waals surface area contributed by atoms with E-state index in [9.17, 15) is 22.0 Å². The number of sulfonamides is 1. The normalized spacial score (nSPS) is 15.8. The Balaban J connectivity index is 1.68. The first-order chi connectivity index (χ1) is 12.4. The molecule has 0 unspecified atom stereocenters. The van der Waals surface area contributed by atoms with Crippen molar-refractivity contribution in [2.75, 3.05) is 18.4 Å². The zero-order valence-electron chi connectivity index (χ0n) is 13.9. The van der Waals surface area contributed by atoms with Crippen molar-refractivity contribution in [3.63, 3.8) is 0 Å². The smallest absolute Gasteiger partial charge is 0.262 e. The van der Waals surface area contributed by atoms with E-state index < -0.39 is 27.6 Å². The zero-order valence-corrected chi connectivity index (χ0v) is 14.7. The molecule has 0 saturated carbocycles. The van der Waals surface area contributed by atoms with E-state index in [0.29, 0.717) is 13.1 Å². The van der Waals surface area contributed by atoms with Crippen LogP contribution in [0.1, 0.15) is 19.3 Å². The Bertz CT molecular complexity index is 908. The van der Waals surface area contributed by atoms with Crippen LogP contribution in [0.3, 0.4) is 0 Å². The average Bonchev–Trinajstić information content (AvgIpc) is 3.08. The summed E-state index contributed by atoms with van der Waals surface area (Å²) in [5.41, 5.74) is -0.281. The number of benzene rings is 1. The Morgan fingerprint density at radius 2 is 1.92 bits per heavy atom. The highest BCUT2D eigenvalue weighted by molar-refractivity contribution is 7.89. The SMILES string of the molecule is O=C(Cn1cnc(S(=O)(=O)N2CCCCC2)c1)Nc1cc(F)ccc1F. The first-order valence-corrected chi connectivity index (χ1v) is 9.57. The van der Waals surface area contributed by atoms with Crippen molar-refractivity contribution in [3.05, 3.63) is 42.4 Å². The number of amides is 1. The molecule has 1 aromatic heterocycles. The molecular formula is C16H18F2N4O3S. The van der Waals surface area contributed by atoms with E-state index in [4.69, 9.17) is 0 Å². The van der Waals surface area contributed by atoms with Gasteiger partial charge in [-0.3, -0.25) is 4.79 Å². The molecule has 3 rings (SSSR count). The molecule has 140 valence electrons. The van der Waals surface area contributed by atoms with Crippen molar-refractivity contribution in [2.24, 2.45) is 0 Å². The molecule has 7 nitrogen and oxygen atoms in total. The van der Waals surface area contributed by atoms with E-state index >= 15 is 0 Å². The topological polar surface area (TPSA) is 84.3 Å². The number of halogens is 2. The second-order valence-corrected chi connectivity index (χ2v) is 7.91. The molecule has 1 amide bonds. The van der Waals surface area contributed by atoms with E-state index in [1.54, 1.807) is 0 Å². The summed E-state index contributed by atoms with van der Waals surface area (Å²) in [5, 5.41) is 2.11. The molecule has 1 fully saturated rings. The zero-order chi connectivity index (χ0) is 18.7. The Kier molecular flexibility index (Phi) is 5.33. The van der Waals surface area contributed by atoms with Gasteiger partial charge in [0.2, 0.25) is 5.91 Å². The highest BCUT2D eigenvalue weighted by atomic mass is 32.2. The van der Waals surface area contributed by atoms with Crippen molar-refractivity contribution >= 4 is 21.6 Å². The van der Waals surface area contributed by atoms with E-state index in [1.807, 2.05) is 0 Å². The van der Waals surface area contributed by atoms with Gasteiger partial charge in [0.15, 0.2) is 5.03 Å². The number of piperidine rings is 1. The molecule has 1 aliphatic heterocycles. The molecule has 0 radical (unpaired) electrons. The van der Waals surface area contributed by atoms with Crippen molar-refractivity contribution in [3.8, 4) is 0 Å². The third kappa shape index (κ3) is 4.07. The largest absolute Gasteiger partial charge is 0.327 e. The Hall–Kier alpha value is -2.33. The number of rotatable bonds is 5. The minimum atomic E-state index is -3.69. The van der Waals surface area contributed by atoms with Crippen LogP contribution in [0.25, 0.3) is 0 Å². The quantitative estimate of drug-likeness (QED) is 0.854. The fourth-order valence-corrected chi connectivity index (χ4v) is 4.20. The van der Waals surface area contributed by atoms with Crippen molar-refractivity contribution in [2.45, 2.75) is 30.8 Å². The van der Waals surface area contributed by atoms with E-state index in [2.05, 4.69) is 10.3 Å². The van der Waals surface area contributed by atoms with Gasteiger partial charge in [0, 0.05) is 25.4 Å². The van der Waals surface area contributed by atoms with Gasteiger partial charge in [0.25, 0.3) is 10.0 Å². The lowest BCUT2D eigenvalue weighted by molar-refractivity contribution is -0.116. The van der Waals surface area contributed by atoms with Gasteiger partial charge in [-0.1, -0.05) is 6.42 Å². The Morgan fingerprint density at radius 1 is 1.19 bits per heavy atom. The number of anilines is 1. The maximum absolute atomic E-state index is 13.5. The predicted molar refractivity (Wildman–Crippen MR) is 89.8 cm³/mol. The molecule has 1 saturated heterocycles. The molecule has 0 atom stereocenters. The lowest BCUT2D eigenvalue weighted by Gasteiger charge is -2.24. The summed E-state index contributed by atoms with van der Waals surface area (Å²) in [6, 6.07) is 2.72. The summed E-state index contributed by atoms with van der Waals surface area (Å²) in [6.07, 6.45) is 5.09. The van der Waals surface area contributed by atoms with Gasteiger partial charge >= 0.3 is 0 Å². The molecule has 26 heavy (non-hydrogen) atoms. The van der Waals surface area contributed by atoms with Crippen LogP contribution in [0.5, 0.6) is 0 Å². The first-order valence-electron chi connectivity index (χ1n) is 8.13. The first kappa shape index (κ1) is 18.5. The van der Waals surface area contributed by atoms with Crippen molar-refractivity contribution in [1.29, 1.82) is 0 Å². The summed E-state index contributed by atoms with van der Waals surface area (Å²) in [7, 11) is -3.69. The van der Waals surface area contributed by atoms with Gasteiger partial charge in [0.1, 0.15) is 18.2 Å². The molecule has 2 aromatic rings. The van der Waals surface area contributed by atoms with Crippen molar-refractivity contribution < 1.29 is 22.0 Å². The highest BCUT2D eigenvalue weighted by Crippen LogP contribution is 2.19. The Morgan fingerprint density at radius 3 is 2.65 bits per heavy atom. The molecule has 10 heteroatoms. The minimum absolute atomic E-state index is 0.135. The fourth-order valence-electron chi connectivity index (χ4n) is 2.75. The molecule has 0 spiro atoms. The maximum atomic E-state index is 13.5. The number of imidazole rings is 1. The van der Waals surface area contributed by atoms with Crippen LogP contribution >= 0.6 is 0 Å². The van der Waals surface area contributed by atoms with Crippen LogP contribution in [0.2, 0.25) is 0 Å². The average molecular weight is 384 g/mol. The molecule has 0 aliphatic carbocycles. The summed E-state index contributed by atoms with van der Waals surface area (Å²) < 4.78 is 54.4. The Labute approximate surface area is 149 Å². The van der Waals surface area contributed by atoms with Gasteiger partial charge in [0.05, 0.1) is 12.0 Å². The van der Waals surface area contributed by atoms with Gasteiger partial charge in [-0.25, -0.2) is 22.2 Å². The number of carbonyl (C=O) groups is 1. The summed E-state index contributed by atoms with van der Waals surface area (Å²) >= 11 is 0. The highest BCUT2D eigenvalue weighted by Gasteiger charge is 2.28. The van der Waals surface area contributed by atoms with E-state index in [0.717, 1.165) is 37.5 Å². The molecule has 1 aromatic carbocycles. The van der Waals surface area contributed by atoms with Crippen LogP contribution in [0.15, 0.2) is 35.7 Å². The molecule has 2 heterocycles. The standard InChI is InChI=1S/C16H18F2N4O3S/c17-12-4-5-13(18)14(8-12)20-15(23)9-21-10-16(19-11-21)26(24,25)22-6-2-1-3-7-22/h4-5,8,10-11H,1-3,6-7,9H2,(H,20,23). The lowest BCUT2D eigenvalue weighted by atomic mass is 10.2. The predicted octanol–water partition coefficient (Wildman–Crippen LogP) is 1.97. The molecule has 1 aliphatic rings. The second kappa shape index (κ2) is 7.50. The van der Waals surface area contributed by atoms with E-state index in [1.165, 1.54) is 21.4 Å². The number of hydrogen-bond donors (Lipinski definition) is 1. The minimum Gasteiger partial charge on any atom is -0.327 e. The van der Waals surface area contributed by atoms with Crippen LogP contribution < -0.4 is 5.32 Å². The molecular weight excluding hydrogens is 366 g/mol. The van der Waals surface area contributed by atoms with Crippen molar-refractivity contribution in [1.82, 2.24) is 13.9 Å². The molecule has 0 bridgehead atoms. The fraction of sp³-hybridized carbons (Fsp3) is 0.375. The van der Waals surface area contributed by atoms with Crippen LogP contribution in [-0.4, -0.2) is 41.3 Å². The van der Waals surface area contributed by atoms with Gasteiger partial charge < -0.3 is 9.88 Å². The number of hydrogen-bond acceptors (Lipinski definition) is 4. The van der Waals surface area contributed by atoms with Crippen LogP contribution in [0.4, 0.5) is 14.5 Å². The number of nitrogens with zero attached hydrogens (tertiary/aromatic N) is 3. The third-order valence-electron chi connectivity index (χ3n) is 4.06. The van der Waals surface area contributed by atoms with Gasteiger partial charge in [-0.2, -0.15) is 4.31 Å². The lowest BCUT2D eigenvalue weighted by Crippen LogP contribution is -2.35. The number of aromatic nitrogens is 2. The second-order valence-electron chi connectivity index (χ2n) is 6.02. The summed E-state index contributed by atoms with van der Waals surface area (Å²) in [5.74, 6) is -2.08. The van der Waals surface area contributed by atoms with Gasteiger partial charge in [-0.15, -0.1) is 0 Å². The van der Waals surface area contributed by atoms with Crippen LogP contribution in [-0.2, 0) is 21.4 Å². The maximum Gasteiger partial charge on any atom is 0.262 e. The molecule has 1 N–H and O–H groups in total. The summed E-state index contributed by atoms with van der Waals surface area (Å²) in [6.45, 7) is 0.627. The number of carbonyl (C=O) groups excluding carboxylic acids is 1. The third-order valence-corrected chi connectivity index (χ3v) is 5.84. The van der Waals surface area contributed by atoms with Gasteiger partial charge in [-0.05, 0) is 25.0 Å². The number of nitrogens with one attached hydrogen (secondary N) is 1. The van der Waals surface area contributed by atoms with Crippen LogP contribution in [0, 0.1) is 11.6 Å².